The topological polar surface area (TPSA) is 70.7 Å². The van der Waals surface area contributed by atoms with Crippen LogP contribution >= 0.6 is 0 Å². The van der Waals surface area contributed by atoms with E-state index in [2.05, 4.69) is 20.5 Å². The number of rotatable bonds is 3. The van der Waals surface area contributed by atoms with E-state index >= 15 is 0 Å². The highest BCUT2D eigenvalue weighted by molar-refractivity contribution is 5.93. The second kappa shape index (κ2) is 6.52. The normalized spacial score (nSPS) is 16.4. The van der Waals surface area contributed by atoms with Crippen LogP contribution in [0.15, 0.2) is 30.6 Å². The Balaban J connectivity index is 1.66. The minimum absolute atomic E-state index is 0.0652. The summed E-state index contributed by atoms with van der Waals surface area (Å²) in [7, 11) is 0. The number of hydrogen-bond donors (Lipinski definition) is 2. The molecule has 21 heavy (non-hydrogen) atoms. The Hall–Kier alpha value is -2.17. The first-order chi connectivity index (χ1) is 10.3. The molecule has 2 aromatic rings. The Morgan fingerprint density at radius 2 is 2.05 bits per heavy atom. The Morgan fingerprint density at radius 3 is 2.76 bits per heavy atom. The molecular weight excluding hydrogens is 264 g/mol. The molecule has 5 nitrogen and oxygen atoms in total. The van der Waals surface area contributed by atoms with Crippen molar-refractivity contribution in [1.29, 1.82) is 0 Å². The van der Waals surface area contributed by atoms with Gasteiger partial charge in [0.05, 0.1) is 5.69 Å². The summed E-state index contributed by atoms with van der Waals surface area (Å²) in [5.41, 5.74) is 2.16. The van der Waals surface area contributed by atoms with Crippen LogP contribution in [0.1, 0.15) is 49.0 Å². The average molecular weight is 284 g/mol. The van der Waals surface area contributed by atoms with Gasteiger partial charge < -0.3 is 5.32 Å². The van der Waals surface area contributed by atoms with Gasteiger partial charge in [-0.05, 0) is 31.0 Å². The molecule has 0 bridgehead atoms. The van der Waals surface area contributed by atoms with Gasteiger partial charge in [-0.3, -0.25) is 14.9 Å². The van der Waals surface area contributed by atoms with E-state index in [9.17, 15) is 4.79 Å². The van der Waals surface area contributed by atoms with E-state index in [4.69, 9.17) is 0 Å². The van der Waals surface area contributed by atoms with Crippen molar-refractivity contribution in [1.82, 2.24) is 20.5 Å². The van der Waals surface area contributed by atoms with Crippen LogP contribution in [0, 0.1) is 0 Å². The third-order valence-corrected chi connectivity index (χ3v) is 3.97. The molecule has 1 aliphatic carbocycles. The molecule has 1 aliphatic rings. The first-order valence-corrected chi connectivity index (χ1v) is 7.59. The highest BCUT2D eigenvalue weighted by Crippen LogP contribution is 2.19. The number of nitrogens with one attached hydrogen (secondary N) is 2. The lowest BCUT2D eigenvalue weighted by Gasteiger charge is -2.15. The molecule has 5 heteroatoms. The minimum Gasteiger partial charge on any atom is -0.348 e. The molecule has 2 N–H and O–H groups in total. The van der Waals surface area contributed by atoms with E-state index in [1.165, 1.54) is 25.7 Å². The molecule has 0 aromatic carbocycles. The van der Waals surface area contributed by atoms with Crippen LogP contribution in [-0.2, 0) is 0 Å². The number of amides is 1. The zero-order valence-corrected chi connectivity index (χ0v) is 12.0. The number of aromatic amines is 1. The summed E-state index contributed by atoms with van der Waals surface area (Å²) >= 11 is 0. The van der Waals surface area contributed by atoms with Crippen LogP contribution in [0.5, 0.6) is 0 Å². The zero-order valence-electron chi connectivity index (χ0n) is 12.0. The second-order valence-electron chi connectivity index (χ2n) is 5.57. The summed E-state index contributed by atoms with van der Waals surface area (Å²) in [4.78, 5) is 16.3. The molecule has 0 aliphatic heterocycles. The lowest BCUT2D eigenvalue weighted by Crippen LogP contribution is -2.34. The predicted molar refractivity (Wildman–Crippen MR) is 80.8 cm³/mol. The van der Waals surface area contributed by atoms with Crippen LogP contribution in [0.2, 0.25) is 0 Å². The first-order valence-electron chi connectivity index (χ1n) is 7.59. The van der Waals surface area contributed by atoms with E-state index < -0.39 is 0 Å². The maximum absolute atomic E-state index is 12.3. The molecule has 0 spiro atoms. The Bertz CT molecular complexity index is 585. The number of carbonyl (C=O) groups is 1. The lowest BCUT2D eigenvalue weighted by atomic mass is 10.1. The molecule has 110 valence electrons. The molecule has 0 unspecified atom stereocenters. The molecule has 0 radical (unpaired) electrons. The van der Waals surface area contributed by atoms with E-state index in [0.29, 0.717) is 11.7 Å². The molecule has 0 saturated heterocycles. The van der Waals surface area contributed by atoms with Crippen molar-refractivity contribution in [3.8, 4) is 11.3 Å². The van der Waals surface area contributed by atoms with Gasteiger partial charge in [-0.2, -0.15) is 5.10 Å². The van der Waals surface area contributed by atoms with Gasteiger partial charge in [-0.1, -0.05) is 25.7 Å². The van der Waals surface area contributed by atoms with Crippen molar-refractivity contribution in [3.05, 3.63) is 36.3 Å². The Labute approximate surface area is 124 Å². The monoisotopic (exact) mass is 284 g/mol. The fourth-order valence-corrected chi connectivity index (χ4v) is 2.79. The van der Waals surface area contributed by atoms with Gasteiger partial charge in [0.1, 0.15) is 5.69 Å². The van der Waals surface area contributed by atoms with Crippen LogP contribution in [0.25, 0.3) is 11.3 Å². The third-order valence-electron chi connectivity index (χ3n) is 3.97. The van der Waals surface area contributed by atoms with E-state index in [0.717, 1.165) is 24.1 Å². The molecule has 0 atom stereocenters. The van der Waals surface area contributed by atoms with Gasteiger partial charge in [0.2, 0.25) is 0 Å². The molecule has 2 aromatic heterocycles. The first kappa shape index (κ1) is 13.8. The summed E-state index contributed by atoms with van der Waals surface area (Å²) in [5.74, 6) is -0.0652. The van der Waals surface area contributed by atoms with E-state index in [-0.39, 0.29) is 5.91 Å². The fourth-order valence-electron chi connectivity index (χ4n) is 2.79. The summed E-state index contributed by atoms with van der Waals surface area (Å²) in [6.45, 7) is 0. The lowest BCUT2D eigenvalue weighted by molar-refractivity contribution is 0.0928. The maximum atomic E-state index is 12.3. The standard InChI is InChI=1S/C16H20N4O/c21-16(18-13-7-3-1-2-4-8-13)15-10-14(19-20-15)12-6-5-9-17-11-12/h5-6,9-11,13H,1-4,7-8H2,(H,18,21)(H,19,20). The van der Waals surface area contributed by atoms with Gasteiger partial charge in [0.15, 0.2) is 0 Å². The smallest absolute Gasteiger partial charge is 0.269 e. The molecule has 1 amide bonds. The van der Waals surface area contributed by atoms with E-state index in [1.54, 1.807) is 18.5 Å². The summed E-state index contributed by atoms with van der Waals surface area (Å²) in [5, 5.41) is 10.1. The number of H-pyrrole nitrogens is 1. The summed E-state index contributed by atoms with van der Waals surface area (Å²) in [6, 6.07) is 5.86. The van der Waals surface area contributed by atoms with Crippen LogP contribution in [0.4, 0.5) is 0 Å². The van der Waals surface area contributed by atoms with Gasteiger partial charge in [0.25, 0.3) is 5.91 Å². The molecule has 1 fully saturated rings. The second-order valence-corrected chi connectivity index (χ2v) is 5.57. The molecule has 1 saturated carbocycles. The average Bonchev–Trinajstić information content (AvgIpc) is 2.88. The number of aromatic nitrogens is 3. The Morgan fingerprint density at radius 1 is 1.24 bits per heavy atom. The Kier molecular flexibility index (Phi) is 4.28. The number of carbonyl (C=O) groups excluding carboxylic acids is 1. The van der Waals surface area contributed by atoms with Gasteiger partial charge in [0, 0.05) is 24.0 Å². The van der Waals surface area contributed by atoms with Crippen molar-refractivity contribution in [2.45, 2.75) is 44.6 Å². The highest BCUT2D eigenvalue weighted by atomic mass is 16.2. The van der Waals surface area contributed by atoms with Crippen molar-refractivity contribution in [2.24, 2.45) is 0 Å². The molecule has 3 rings (SSSR count). The van der Waals surface area contributed by atoms with Gasteiger partial charge >= 0.3 is 0 Å². The quantitative estimate of drug-likeness (QED) is 0.851. The van der Waals surface area contributed by atoms with Crippen molar-refractivity contribution in [3.63, 3.8) is 0 Å². The zero-order chi connectivity index (χ0) is 14.5. The number of nitrogens with zero attached hydrogens (tertiary/aromatic N) is 2. The van der Waals surface area contributed by atoms with E-state index in [1.807, 2.05) is 12.1 Å². The minimum atomic E-state index is -0.0652. The predicted octanol–water partition coefficient (Wildman–Crippen LogP) is 2.92. The van der Waals surface area contributed by atoms with Gasteiger partial charge in [-0.25, -0.2) is 0 Å². The number of hydrogen-bond acceptors (Lipinski definition) is 3. The van der Waals surface area contributed by atoms with Crippen LogP contribution in [0.3, 0.4) is 0 Å². The summed E-state index contributed by atoms with van der Waals surface area (Å²) < 4.78 is 0. The largest absolute Gasteiger partial charge is 0.348 e. The molecular formula is C16H20N4O. The third kappa shape index (κ3) is 3.48. The van der Waals surface area contributed by atoms with Crippen LogP contribution in [-0.4, -0.2) is 27.1 Å². The fraction of sp³-hybridized carbons (Fsp3) is 0.438. The van der Waals surface area contributed by atoms with Crippen molar-refractivity contribution >= 4 is 5.91 Å². The highest BCUT2D eigenvalue weighted by Gasteiger charge is 2.17. The van der Waals surface area contributed by atoms with Crippen molar-refractivity contribution in [2.75, 3.05) is 0 Å². The maximum Gasteiger partial charge on any atom is 0.269 e. The number of pyridine rings is 1. The van der Waals surface area contributed by atoms with Crippen molar-refractivity contribution < 1.29 is 4.79 Å². The van der Waals surface area contributed by atoms with Crippen LogP contribution < -0.4 is 5.32 Å². The van der Waals surface area contributed by atoms with Gasteiger partial charge in [-0.15, -0.1) is 0 Å². The SMILES string of the molecule is O=C(NC1CCCCCC1)c1cc(-c2cccnc2)n[nH]1. The molecule has 2 heterocycles. The summed E-state index contributed by atoms with van der Waals surface area (Å²) in [6.07, 6.45) is 10.6.